The summed E-state index contributed by atoms with van der Waals surface area (Å²) in [5.74, 6) is 5.52. The number of hydrogen-bond acceptors (Lipinski definition) is 7. The molecule has 0 amide bonds. The third kappa shape index (κ3) is 2.78. The number of hydrazine groups is 1. The molecule has 8 heteroatoms. The molecule has 0 aromatic carbocycles. The molecule has 88 valence electrons. The van der Waals surface area contributed by atoms with Gasteiger partial charge in [0.15, 0.2) is 0 Å². The van der Waals surface area contributed by atoms with Crippen LogP contribution in [-0.4, -0.2) is 27.7 Å². The molecular weight excluding hydrogens is 214 g/mol. The monoisotopic (exact) mass is 227 g/mol. The van der Waals surface area contributed by atoms with Crippen molar-refractivity contribution >= 4 is 17.3 Å². The van der Waals surface area contributed by atoms with E-state index in [0.29, 0.717) is 5.82 Å². The predicted molar refractivity (Wildman–Crippen MR) is 58.9 cm³/mol. The van der Waals surface area contributed by atoms with E-state index in [1.807, 2.05) is 0 Å². The van der Waals surface area contributed by atoms with E-state index < -0.39 is 4.92 Å². The van der Waals surface area contributed by atoms with Crippen molar-refractivity contribution in [2.45, 2.75) is 13.0 Å². The summed E-state index contributed by atoms with van der Waals surface area (Å²) in [5, 5.41) is 22.3. The van der Waals surface area contributed by atoms with E-state index in [4.69, 9.17) is 10.9 Å². The molecular formula is C8H13N5O3. The summed E-state index contributed by atoms with van der Waals surface area (Å²) in [6.45, 7) is 1.52. The highest BCUT2D eigenvalue weighted by atomic mass is 16.6. The Morgan fingerprint density at radius 2 is 2.38 bits per heavy atom. The zero-order valence-electron chi connectivity index (χ0n) is 8.67. The van der Waals surface area contributed by atoms with Crippen LogP contribution in [0.2, 0.25) is 0 Å². The van der Waals surface area contributed by atoms with Gasteiger partial charge in [-0.05, 0) is 13.0 Å². The Balaban J connectivity index is 3.05. The van der Waals surface area contributed by atoms with Crippen LogP contribution in [-0.2, 0) is 0 Å². The summed E-state index contributed by atoms with van der Waals surface area (Å²) in [7, 11) is 0. The van der Waals surface area contributed by atoms with Gasteiger partial charge in [0, 0.05) is 12.1 Å². The first-order valence-electron chi connectivity index (χ1n) is 4.58. The first kappa shape index (κ1) is 12.1. The van der Waals surface area contributed by atoms with Gasteiger partial charge < -0.3 is 15.8 Å². The smallest absolute Gasteiger partial charge is 0.311 e. The van der Waals surface area contributed by atoms with Crippen molar-refractivity contribution in [2.75, 3.05) is 17.3 Å². The summed E-state index contributed by atoms with van der Waals surface area (Å²) in [6, 6.07) is 2.35. The van der Waals surface area contributed by atoms with Crippen molar-refractivity contribution in [1.82, 2.24) is 4.98 Å². The van der Waals surface area contributed by atoms with Crippen molar-refractivity contribution in [3.8, 4) is 0 Å². The third-order valence-corrected chi connectivity index (χ3v) is 1.88. The van der Waals surface area contributed by atoms with Gasteiger partial charge in [-0.15, -0.1) is 0 Å². The largest absolute Gasteiger partial charge is 0.394 e. The lowest BCUT2D eigenvalue weighted by atomic mass is 10.3. The minimum atomic E-state index is -0.556. The maximum atomic E-state index is 10.7. The topological polar surface area (TPSA) is 126 Å². The number of aromatic nitrogens is 1. The Kier molecular flexibility index (Phi) is 3.97. The molecule has 0 saturated carbocycles. The Hall–Kier alpha value is -1.93. The van der Waals surface area contributed by atoms with Gasteiger partial charge in [-0.1, -0.05) is 0 Å². The molecule has 0 spiro atoms. The number of nitrogens with one attached hydrogen (secondary N) is 2. The lowest BCUT2D eigenvalue weighted by Gasteiger charge is -2.12. The van der Waals surface area contributed by atoms with Gasteiger partial charge in [0.1, 0.15) is 5.82 Å². The van der Waals surface area contributed by atoms with Crippen molar-refractivity contribution in [3.05, 3.63) is 22.2 Å². The molecule has 0 aliphatic carbocycles. The molecule has 0 bridgehead atoms. The van der Waals surface area contributed by atoms with Gasteiger partial charge >= 0.3 is 5.69 Å². The van der Waals surface area contributed by atoms with E-state index in [-0.39, 0.29) is 24.2 Å². The Labute approximate surface area is 91.6 Å². The van der Waals surface area contributed by atoms with Crippen LogP contribution in [0, 0.1) is 10.1 Å². The van der Waals surface area contributed by atoms with Crippen molar-refractivity contribution in [2.24, 2.45) is 5.84 Å². The zero-order valence-corrected chi connectivity index (χ0v) is 8.67. The number of aliphatic hydroxyl groups is 1. The number of nitro groups is 1. The van der Waals surface area contributed by atoms with Gasteiger partial charge in [-0.2, -0.15) is 0 Å². The molecule has 1 rings (SSSR count). The summed E-state index contributed by atoms with van der Waals surface area (Å²) >= 11 is 0. The summed E-state index contributed by atoms with van der Waals surface area (Å²) in [6.07, 6.45) is 0. The van der Waals surface area contributed by atoms with Crippen LogP contribution in [0.4, 0.5) is 17.3 Å². The molecule has 1 aromatic rings. The van der Waals surface area contributed by atoms with E-state index in [2.05, 4.69) is 15.7 Å². The zero-order chi connectivity index (χ0) is 12.1. The lowest BCUT2D eigenvalue weighted by molar-refractivity contribution is -0.384. The molecule has 8 nitrogen and oxygen atoms in total. The number of aliphatic hydroxyl groups excluding tert-OH is 1. The maximum absolute atomic E-state index is 10.7. The summed E-state index contributed by atoms with van der Waals surface area (Å²) < 4.78 is 0. The fraction of sp³-hybridized carbons (Fsp3) is 0.375. The standard InChI is InChI=1S/C8H13N5O3/c1-5(4-14)10-8-6(13(15)16)2-3-7(11-8)12-9/h2-3,5,14H,4,9H2,1H3,(H2,10,11,12). The Bertz CT molecular complexity index is 384. The number of nitrogens with two attached hydrogens (primary N) is 1. The van der Waals surface area contributed by atoms with Gasteiger partial charge in [-0.3, -0.25) is 10.1 Å². The van der Waals surface area contributed by atoms with Gasteiger partial charge in [0.2, 0.25) is 5.82 Å². The van der Waals surface area contributed by atoms with Crippen LogP contribution in [0.3, 0.4) is 0 Å². The quantitative estimate of drug-likeness (QED) is 0.318. The summed E-state index contributed by atoms with van der Waals surface area (Å²) in [5.41, 5.74) is 2.12. The molecule has 1 heterocycles. The molecule has 5 N–H and O–H groups in total. The first-order chi connectivity index (χ1) is 7.58. The Morgan fingerprint density at radius 3 is 2.88 bits per heavy atom. The van der Waals surface area contributed by atoms with Crippen LogP contribution in [0.15, 0.2) is 12.1 Å². The van der Waals surface area contributed by atoms with Crippen LogP contribution in [0.25, 0.3) is 0 Å². The number of hydrogen-bond donors (Lipinski definition) is 4. The average molecular weight is 227 g/mol. The molecule has 0 aliphatic heterocycles. The van der Waals surface area contributed by atoms with E-state index >= 15 is 0 Å². The van der Waals surface area contributed by atoms with Gasteiger partial charge in [-0.25, -0.2) is 10.8 Å². The number of nitrogen functional groups attached to an aromatic ring is 1. The van der Waals surface area contributed by atoms with Crippen LogP contribution >= 0.6 is 0 Å². The SMILES string of the molecule is CC(CO)Nc1nc(NN)ccc1[N+](=O)[O-]. The van der Waals surface area contributed by atoms with Crippen molar-refractivity contribution in [3.63, 3.8) is 0 Å². The molecule has 0 fully saturated rings. The molecule has 16 heavy (non-hydrogen) atoms. The number of pyridine rings is 1. The average Bonchev–Trinajstić information content (AvgIpc) is 2.28. The molecule has 1 aromatic heterocycles. The first-order valence-corrected chi connectivity index (χ1v) is 4.58. The second-order valence-corrected chi connectivity index (χ2v) is 3.19. The fourth-order valence-electron chi connectivity index (χ4n) is 1.06. The third-order valence-electron chi connectivity index (χ3n) is 1.88. The lowest BCUT2D eigenvalue weighted by Crippen LogP contribution is -2.21. The maximum Gasteiger partial charge on any atom is 0.311 e. The second kappa shape index (κ2) is 5.24. The highest BCUT2D eigenvalue weighted by Crippen LogP contribution is 2.24. The van der Waals surface area contributed by atoms with Crippen LogP contribution in [0.5, 0.6) is 0 Å². The van der Waals surface area contributed by atoms with E-state index in [0.717, 1.165) is 0 Å². The van der Waals surface area contributed by atoms with E-state index in [1.165, 1.54) is 12.1 Å². The van der Waals surface area contributed by atoms with Crippen LogP contribution < -0.4 is 16.6 Å². The second-order valence-electron chi connectivity index (χ2n) is 3.19. The minimum absolute atomic E-state index is 0.0713. The number of rotatable bonds is 5. The Morgan fingerprint density at radius 1 is 1.69 bits per heavy atom. The molecule has 0 aliphatic rings. The summed E-state index contributed by atoms with van der Waals surface area (Å²) in [4.78, 5) is 14.0. The molecule has 1 atom stereocenters. The van der Waals surface area contributed by atoms with Gasteiger partial charge in [0.25, 0.3) is 0 Å². The van der Waals surface area contributed by atoms with Crippen molar-refractivity contribution in [1.29, 1.82) is 0 Å². The molecule has 1 unspecified atom stereocenters. The van der Waals surface area contributed by atoms with Crippen molar-refractivity contribution < 1.29 is 10.0 Å². The highest BCUT2D eigenvalue weighted by molar-refractivity contribution is 5.60. The van der Waals surface area contributed by atoms with Gasteiger partial charge in [0.05, 0.1) is 11.5 Å². The minimum Gasteiger partial charge on any atom is -0.394 e. The number of anilines is 2. The fourth-order valence-corrected chi connectivity index (χ4v) is 1.06. The van der Waals surface area contributed by atoms with E-state index in [1.54, 1.807) is 6.92 Å². The highest BCUT2D eigenvalue weighted by Gasteiger charge is 2.17. The normalized spacial score (nSPS) is 11.9. The molecule has 0 saturated heterocycles. The number of nitrogens with zero attached hydrogens (tertiary/aromatic N) is 2. The van der Waals surface area contributed by atoms with Crippen LogP contribution in [0.1, 0.15) is 6.92 Å². The predicted octanol–water partition coefficient (Wildman–Crippen LogP) is 0.0681. The molecule has 0 radical (unpaired) electrons. The van der Waals surface area contributed by atoms with E-state index in [9.17, 15) is 10.1 Å².